The van der Waals surface area contributed by atoms with Gasteiger partial charge in [-0.1, -0.05) is 30.0 Å². The first-order valence-electron chi connectivity index (χ1n) is 8.60. The number of allylic oxidation sites excluding steroid dienone is 1. The molecule has 1 aliphatic rings. The topological polar surface area (TPSA) is 60.5 Å². The number of pyridine rings is 1. The summed E-state index contributed by atoms with van der Waals surface area (Å²) >= 11 is 1.53. The van der Waals surface area contributed by atoms with Gasteiger partial charge in [0.25, 0.3) is 0 Å². The molecule has 4 rings (SSSR count). The van der Waals surface area contributed by atoms with Crippen LogP contribution in [0.1, 0.15) is 11.1 Å². The van der Waals surface area contributed by atoms with Gasteiger partial charge in [-0.3, -0.25) is 9.98 Å². The number of benzene rings is 2. The minimum Gasteiger partial charge on any atom is -0.492 e. The number of thioether (sulfide) groups is 1. The van der Waals surface area contributed by atoms with Crippen molar-refractivity contribution in [2.45, 2.75) is 11.9 Å². The highest BCUT2D eigenvalue weighted by Gasteiger charge is 2.11. The molecule has 2 N–H and O–H groups in total. The first kappa shape index (κ1) is 17.7. The summed E-state index contributed by atoms with van der Waals surface area (Å²) in [5.41, 5.74) is 8.51. The predicted octanol–water partition coefficient (Wildman–Crippen LogP) is 4.40. The number of rotatable bonds is 5. The number of ether oxygens (including phenoxy) is 1. The van der Waals surface area contributed by atoms with Crippen LogP contribution in [0.5, 0.6) is 5.75 Å². The van der Waals surface area contributed by atoms with E-state index in [2.05, 4.69) is 22.1 Å². The molecule has 3 aromatic rings. The lowest BCUT2D eigenvalue weighted by Crippen LogP contribution is -2.07. The van der Waals surface area contributed by atoms with Crippen LogP contribution in [0.25, 0.3) is 17.0 Å². The van der Waals surface area contributed by atoms with Crippen LogP contribution in [0.4, 0.5) is 4.39 Å². The number of fused-ring (bicyclic) bond motifs is 1. The highest BCUT2D eigenvalue weighted by atomic mass is 32.2. The Bertz CT molecular complexity index is 1020. The zero-order valence-electron chi connectivity index (χ0n) is 14.5. The Morgan fingerprint density at radius 3 is 2.78 bits per heavy atom. The van der Waals surface area contributed by atoms with Crippen molar-refractivity contribution in [2.24, 2.45) is 10.7 Å². The molecular formula is C21H18FN3OS. The number of halogens is 1. The van der Waals surface area contributed by atoms with Crippen molar-refractivity contribution < 1.29 is 9.13 Å². The Balaban J connectivity index is 1.52. The largest absolute Gasteiger partial charge is 0.492 e. The quantitative estimate of drug-likeness (QED) is 0.714. The third-order valence-electron chi connectivity index (χ3n) is 4.20. The fourth-order valence-corrected chi connectivity index (χ4v) is 3.59. The Morgan fingerprint density at radius 1 is 1.15 bits per heavy atom. The molecule has 1 aliphatic heterocycles. The molecule has 2 aromatic carbocycles. The molecule has 0 aliphatic carbocycles. The standard InChI is InChI=1S/C21H18FN3OS/c22-16-4-1-14(2-5-16)8-10-26-20-7-9-24-19-6-3-15(12-18(19)20)11-17-13-25-21(23)27-17/h1-7,9,11-13,21H,8,10,23H2/b17-11-. The van der Waals surface area contributed by atoms with Gasteiger partial charge in [0.1, 0.15) is 17.1 Å². The molecule has 1 aromatic heterocycles. The minimum absolute atomic E-state index is 0.219. The zero-order valence-corrected chi connectivity index (χ0v) is 15.3. The number of nitrogens with two attached hydrogens (primary N) is 1. The molecule has 6 heteroatoms. The fourth-order valence-electron chi connectivity index (χ4n) is 2.87. The maximum Gasteiger partial charge on any atom is 0.148 e. The Morgan fingerprint density at radius 2 is 2.00 bits per heavy atom. The average molecular weight is 379 g/mol. The summed E-state index contributed by atoms with van der Waals surface area (Å²) in [7, 11) is 0. The minimum atomic E-state index is -0.229. The summed E-state index contributed by atoms with van der Waals surface area (Å²) in [6, 6.07) is 14.4. The third kappa shape index (κ3) is 4.35. The molecule has 136 valence electrons. The molecule has 0 spiro atoms. The maximum absolute atomic E-state index is 13.0. The summed E-state index contributed by atoms with van der Waals surface area (Å²) in [5, 5.41) is 0.954. The summed E-state index contributed by atoms with van der Waals surface area (Å²) in [5.74, 6) is 0.555. The van der Waals surface area contributed by atoms with Crippen molar-refractivity contribution in [3.63, 3.8) is 0 Å². The van der Waals surface area contributed by atoms with E-state index in [9.17, 15) is 4.39 Å². The normalized spacial score (nSPS) is 17.7. The van der Waals surface area contributed by atoms with Gasteiger partial charge in [-0.25, -0.2) is 4.39 Å². The van der Waals surface area contributed by atoms with E-state index in [0.29, 0.717) is 13.0 Å². The zero-order chi connectivity index (χ0) is 18.6. The second-order valence-corrected chi connectivity index (χ2v) is 7.33. The van der Waals surface area contributed by atoms with Gasteiger partial charge in [0.2, 0.25) is 0 Å². The average Bonchev–Trinajstić information content (AvgIpc) is 3.08. The molecule has 0 amide bonds. The highest BCUT2D eigenvalue weighted by molar-refractivity contribution is 8.04. The van der Waals surface area contributed by atoms with Crippen LogP contribution < -0.4 is 10.5 Å². The summed E-state index contributed by atoms with van der Waals surface area (Å²) in [4.78, 5) is 9.60. The maximum atomic E-state index is 13.0. The van der Waals surface area contributed by atoms with E-state index in [1.165, 1.54) is 23.9 Å². The van der Waals surface area contributed by atoms with Crippen LogP contribution in [0, 0.1) is 5.82 Å². The Kier molecular flexibility index (Phi) is 5.18. The van der Waals surface area contributed by atoms with Crippen molar-refractivity contribution >= 4 is 35.0 Å². The molecule has 27 heavy (non-hydrogen) atoms. The lowest BCUT2D eigenvalue weighted by molar-refractivity contribution is 0.325. The second kappa shape index (κ2) is 7.90. The number of aromatic nitrogens is 1. The van der Waals surface area contributed by atoms with Crippen molar-refractivity contribution in [1.29, 1.82) is 0 Å². The fraction of sp³-hybridized carbons (Fsp3) is 0.143. The van der Waals surface area contributed by atoms with E-state index in [0.717, 1.165) is 32.7 Å². The van der Waals surface area contributed by atoms with Crippen LogP contribution in [0.2, 0.25) is 0 Å². The predicted molar refractivity (Wildman–Crippen MR) is 109 cm³/mol. The van der Waals surface area contributed by atoms with Gasteiger partial charge in [0, 0.05) is 29.1 Å². The molecule has 1 atom stereocenters. The van der Waals surface area contributed by atoms with E-state index >= 15 is 0 Å². The van der Waals surface area contributed by atoms with E-state index in [1.807, 2.05) is 18.2 Å². The summed E-state index contributed by atoms with van der Waals surface area (Å²) in [6.07, 6.45) is 6.30. The second-order valence-electron chi connectivity index (χ2n) is 6.14. The smallest absolute Gasteiger partial charge is 0.148 e. The van der Waals surface area contributed by atoms with Crippen molar-refractivity contribution in [2.75, 3.05) is 6.61 Å². The van der Waals surface area contributed by atoms with Gasteiger partial charge in [-0.05, 0) is 47.5 Å². The Labute approximate surface area is 161 Å². The van der Waals surface area contributed by atoms with Gasteiger partial charge < -0.3 is 10.5 Å². The summed E-state index contributed by atoms with van der Waals surface area (Å²) < 4.78 is 19.0. The number of aliphatic imine (C=N–C) groups is 1. The van der Waals surface area contributed by atoms with Crippen LogP contribution in [0.3, 0.4) is 0 Å². The van der Waals surface area contributed by atoms with E-state index < -0.39 is 0 Å². The first-order chi connectivity index (χ1) is 13.2. The summed E-state index contributed by atoms with van der Waals surface area (Å²) in [6.45, 7) is 0.507. The van der Waals surface area contributed by atoms with E-state index in [1.54, 1.807) is 24.5 Å². The molecule has 0 saturated carbocycles. The molecule has 4 nitrogen and oxygen atoms in total. The Hall–Kier alpha value is -2.70. The van der Waals surface area contributed by atoms with Gasteiger partial charge >= 0.3 is 0 Å². The van der Waals surface area contributed by atoms with Gasteiger partial charge in [0.05, 0.1) is 12.1 Å². The SMILES string of the molecule is NC1N=C/C(=C/c2ccc3nccc(OCCc4ccc(F)cc4)c3c2)S1. The highest BCUT2D eigenvalue weighted by Crippen LogP contribution is 2.29. The number of nitrogens with zero attached hydrogens (tertiary/aromatic N) is 2. The van der Waals surface area contributed by atoms with E-state index in [-0.39, 0.29) is 11.3 Å². The lowest BCUT2D eigenvalue weighted by atomic mass is 10.1. The van der Waals surface area contributed by atoms with Crippen LogP contribution in [-0.4, -0.2) is 23.3 Å². The van der Waals surface area contributed by atoms with Gasteiger partial charge in [-0.2, -0.15) is 0 Å². The molecule has 1 unspecified atom stereocenters. The van der Waals surface area contributed by atoms with Crippen molar-refractivity contribution in [3.8, 4) is 5.75 Å². The molecular weight excluding hydrogens is 361 g/mol. The monoisotopic (exact) mass is 379 g/mol. The first-order valence-corrected chi connectivity index (χ1v) is 9.48. The van der Waals surface area contributed by atoms with Gasteiger partial charge in [0.15, 0.2) is 0 Å². The van der Waals surface area contributed by atoms with Crippen molar-refractivity contribution in [1.82, 2.24) is 4.98 Å². The van der Waals surface area contributed by atoms with E-state index in [4.69, 9.17) is 10.5 Å². The molecule has 0 bridgehead atoms. The number of hydrogen-bond acceptors (Lipinski definition) is 5. The molecule has 0 saturated heterocycles. The van der Waals surface area contributed by atoms with Crippen LogP contribution in [-0.2, 0) is 6.42 Å². The van der Waals surface area contributed by atoms with Crippen LogP contribution in [0.15, 0.2) is 64.6 Å². The van der Waals surface area contributed by atoms with Crippen LogP contribution >= 0.6 is 11.8 Å². The lowest BCUT2D eigenvalue weighted by Gasteiger charge is -2.10. The molecule has 0 fully saturated rings. The molecule has 0 radical (unpaired) electrons. The van der Waals surface area contributed by atoms with Gasteiger partial charge in [-0.15, -0.1) is 0 Å². The molecule has 2 heterocycles. The van der Waals surface area contributed by atoms with Crippen molar-refractivity contribution in [3.05, 3.63) is 76.6 Å². The third-order valence-corrected chi connectivity index (χ3v) is 5.06. The number of hydrogen-bond donors (Lipinski definition) is 1.